The molecule has 0 saturated carbocycles. The average molecular weight is 428 g/mol. The number of hydrogen-bond donors (Lipinski definition) is 1. The summed E-state index contributed by atoms with van der Waals surface area (Å²) in [6.45, 7) is 0.835. The van der Waals surface area contributed by atoms with E-state index in [-0.39, 0.29) is 5.91 Å². The number of nitrogens with one attached hydrogen (secondary N) is 1. The summed E-state index contributed by atoms with van der Waals surface area (Å²) >= 11 is 0. The summed E-state index contributed by atoms with van der Waals surface area (Å²) in [5, 5.41) is 2.88. The van der Waals surface area contributed by atoms with Crippen LogP contribution in [0.1, 0.15) is 33.0 Å². The van der Waals surface area contributed by atoms with Gasteiger partial charge in [-0.25, -0.2) is 4.79 Å². The van der Waals surface area contributed by atoms with Crippen LogP contribution >= 0.6 is 0 Å². The number of nitrogens with zero attached hydrogens (tertiary/aromatic N) is 3. The highest BCUT2D eigenvalue weighted by Crippen LogP contribution is 2.37. The van der Waals surface area contributed by atoms with Gasteiger partial charge in [-0.05, 0) is 61.6 Å². The van der Waals surface area contributed by atoms with Crippen LogP contribution in [0, 0.1) is 0 Å². The summed E-state index contributed by atoms with van der Waals surface area (Å²) in [7, 11) is 5.37. The van der Waals surface area contributed by atoms with E-state index >= 15 is 0 Å². The molecule has 1 aliphatic rings. The zero-order valence-corrected chi connectivity index (χ0v) is 18.2. The number of benzene rings is 2. The van der Waals surface area contributed by atoms with Crippen LogP contribution < -0.4 is 5.32 Å². The molecule has 4 rings (SSSR count). The number of amides is 1. The highest BCUT2D eigenvalue weighted by Gasteiger charge is 2.36. The number of esters is 1. The maximum atomic E-state index is 13.0. The zero-order chi connectivity index (χ0) is 22.7. The molecule has 162 valence electrons. The minimum Gasteiger partial charge on any atom is -0.465 e. The van der Waals surface area contributed by atoms with Crippen LogP contribution in [0.4, 0.5) is 11.4 Å². The summed E-state index contributed by atoms with van der Waals surface area (Å²) < 4.78 is 4.79. The second kappa shape index (κ2) is 9.11. The summed E-state index contributed by atoms with van der Waals surface area (Å²) in [6, 6.07) is 16.7. The van der Waals surface area contributed by atoms with E-state index in [1.165, 1.54) is 12.7 Å². The van der Waals surface area contributed by atoms with Gasteiger partial charge in [-0.2, -0.15) is 0 Å². The Morgan fingerprint density at radius 2 is 1.78 bits per heavy atom. The van der Waals surface area contributed by atoms with E-state index in [1.54, 1.807) is 30.6 Å². The fourth-order valence-electron chi connectivity index (χ4n) is 3.78. The first-order chi connectivity index (χ1) is 15.5. The molecule has 1 aromatic heterocycles. The van der Waals surface area contributed by atoms with E-state index in [2.05, 4.69) is 15.2 Å². The van der Waals surface area contributed by atoms with E-state index in [0.717, 1.165) is 23.4 Å². The highest BCUT2D eigenvalue weighted by atomic mass is 16.5. The number of hydrogen-bond acceptors (Lipinski definition) is 6. The minimum atomic E-state index is -0.611. The maximum Gasteiger partial charge on any atom is 0.337 e. The number of carbonyl (C=O) groups excluding carboxylic acids is 2. The SMILES string of the molecule is COC(=O)c1ccc2c(c1)NC(=O)C2C(=Nc1ccc(CN(C)C)cc1)c1ccncc1. The highest BCUT2D eigenvalue weighted by molar-refractivity contribution is 6.24. The lowest BCUT2D eigenvalue weighted by molar-refractivity contribution is -0.115. The lowest BCUT2D eigenvalue weighted by Gasteiger charge is -2.14. The molecule has 1 N–H and O–H groups in total. The zero-order valence-electron chi connectivity index (χ0n) is 18.2. The van der Waals surface area contributed by atoms with Crippen LogP contribution in [0.3, 0.4) is 0 Å². The predicted molar refractivity (Wildman–Crippen MR) is 123 cm³/mol. The van der Waals surface area contributed by atoms with Gasteiger partial charge in [-0.15, -0.1) is 0 Å². The summed E-state index contributed by atoms with van der Waals surface area (Å²) in [5.74, 6) is -1.26. The van der Waals surface area contributed by atoms with E-state index in [0.29, 0.717) is 17.0 Å². The second-order valence-electron chi connectivity index (χ2n) is 7.85. The van der Waals surface area contributed by atoms with Crippen molar-refractivity contribution in [3.63, 3.8) is 0 Å². The summed E-state index contributed by atoms with van der Waals surface area (Å²) in [4.78, 5) is 36.0. The van der Waals surface area contributed by atoms with Gasteiger partial charge in [0.2, 0.25) is 5.91 Å². The largest absolute Gasteiger partial charge is 0.465 e. The molecule has 0 fully saturated rings. The van der Waals surface area contributed by atoms with Gasteiger partial charge < -0.3 is 15.0 Å². The van der Waals surface area contributed by atoms with Gasteiger partial charge in [0.15, 0.2) is 0 Å². The first-order valence-electron chi connectivity index (χ1n) is 10.2. The second-order valence-corrected chi connectivity index (χ2v) is 7.85. The number of methoxy groups -OCH3 is 1. The number of ether oxygens (including phenoxy) is 1. The molecule has 2 heterocycles. The van der Waals surface area contributed by atoms with Crippen molar-refractivity contribution >= 4 is 29.0 Å². The van der Waals surface area contributed by atoms with Crippen LogP contribution in [-0.2, 0) is 16.1 Å². The van der Waals surface area contributed by atoms with E-state index in [1.807, 2.05) is 50.5 Å². The van der Waals surface area contributed by atoms with Crippen LogP contribution in [0.25, 0.3) is 0 Å². The normalized spacial score (nSPS) is 15.4. The summed E-state index contributed by atoms with van der Waals surface area (Å²) in [5.41, 5.74) is 5.10. The Bertz CT molecular complexity index is 1170. The van der Waals surface area contributed by atoms with E-state index < -0.39 is 11.9 Å². The van der Waals surface area contributed by atoms with Gasteiger partial charge >= 0.3 is 5.97 Å². The lowest BCUT2D eigenvalue weighted by Crippen LogP contribution is -2.22. The first kappa shape index (κ1) is 21.4. The van der Waals surface area contributed by atoms with Crippen molar-refractivity contribution < 1.29 is 14.3 Å². The van der Waals surface area contributed by atoms with Gasteiger partial charge in [0.1, 0.15) is 5.92 Å². The Kier molecular flexibility index (Phi) is 6.09. The lowest BCUT2D eigenvalue weighted by atomic mass is 9.90. The fraction of sp³-hybridized carbons (Fsp3) is 0.200. The molecule has 7 nitrogen and oxygen atoms in total. The molecular formula is C25H24N4O3. The Balaban J connectivity index is 1.77. The van der Waals surface area contributed by atoms with Crippen molar-refractivity contribution in [2.45, 2.75) is 12.5 Å². The Hall–Kier alpha value is -3.84. The van der Waals surface area contributed by atoms with Gasteiger partial charge in [-0.1, -0.05) is 18.2 Å². The number of aliphatic imine (C=N–C) groups is 1. The molecule has 0 spiro atoms. The number of aromatic nitrogens is 1. The molecule has 1 amide bonds. The molecule has 1 aliphatic heterocycles. The Morgan fingerprint density at radius 1 is 1.06 bits per heavy atom. The van der Waals surface area contributed by atoms with Crippen LogP contribution in [0.5, 0.6) is 0 Å². The molecule has 7 heteroatoms. The first-order valence-corrected chi connectivity index (χ1v) is 10.2. The monoisotopic (exact) mass is 428 g/mol. The Morgan fingerprint density at radius 3 is 2.44 bits per heavy atom. The third kappa shape index (κ3) is 4.43. The maximum absolute atomic E-state index is 13.0. The fourth-order valence-corrected chi connectivity index (χ4v) is 3.78. The van der Waals surface area contributed by atoms with Crippen molar-refractivity contribution in [2.75, 3.05) is 26.5 Å². The van der Waals surface area contributed by atoms with Crippen molar-refractivity contribution in [2.24, 2.45) is 4.99 Å². The number of carbonyl (C=O) groups is 2. The van der Waals surface area contributed by atoms with Crippen LogP contribution in [0.2, 0.25) is 0 Å². The molecule has 0 saturated heterocycles. The minimum absolute atomic E-state index is 0.193. The Labute approximate surface area is 186 Å². The van der Waals surface area contributed by atoms with Gasteiger partial charge in [-0.3, -0.25) is 14.8 Å². The standard InChI is InChI=1S/C25H24N4O3/c1-29(2)15-16-4-7-19(8-5-16)27-23(17-10-12-26-13-11-17)22-20-9-6-18(25(31)32-3)14-21(20)28-24(22)30/h4-14,22H,15H2,1-3H3,(H,28,30). The van der Waals surface area contributed by atoms with Crippen molar-refractivity contribution in [3.8, 4) is 0 Å². The molecule has 0 aliphatic carbocycles. The molecule has 1 unspecified atom stereocenters. The molecule has 1 atom stereocenters. The topological polar surface area (TPSA) is 83.9 Å². The van der Waals surface area contributed by atoms with Crippen molar-refractivity contribution in [1.82, 2.24) is 9.88 Å². The number of fused-ring (bicyclic) bond motifs is 1. The van der Waals surface area contributed by atoms with E-state index in [9.17, 15) is 9.59 Å². The molecule has 3 aromatic rings. The van der Waals surface area contributed by atoms with Gasteiger partial charge in [0.05, 0.1) is 24.1 Å². The molecule has 0 radical (unpaired) electrons. The third-order valence-corrected chi connectivity index (χ3v) is 5.24. The quantitative estimate of drug-likeness (QED) is 0.477. The molecule has 0 bridgehead atoms. The average Bonchev–Trinajstić information content (AvgIpc) is 3.13. The number of pyridine rings is 1. The van der Waals surface area contributed by atoms with Crippen molar-refractivity contribution in [3.05, 3.63) is 89.2 Å². The summed E-state index contributed by atoms with van der Waals surface area (Å²) in [6.07, 6.45) is 3.36. The molecule has 32 heavy (non-hydrogen) atoms. The molecular weight excluding hydrogens is 404 g/mol. The van der Waals surface area contributed by atoms with Crippen molar-refractivity contribution in [1.29, 1.82) is 0 Å². The third-order valence-electron chi connectivity index (χ3n) is 5.24. The van der Waals surface area contributed by atoms with Crippen LogP contribution in [0.15, 0.2) is 72.0 Å². The predicted octanol–water partition coefficient (Wildman–Crippen LogP) is 3.79. The molecule has 2 aromatic carbocycles. The number of anilines is 1. The van der Waals surface area contributed by atoms with Gasteiger partial charge in [0, 0.05) is 30.2 Å². The number of rotatable bonds is 6. The van der Waals surface area contributed by atoms with Gasteiger partial charge in [0.25, 0.3) is 0 Å². The van der Waals surface area contributed by atoms with Crippen LogP contribution in [-0.4, -0.2) is 48.7 Å². The smallest absolute Gasteiger partial charge is 0.337 e. The van der Waals surface area contributed by atoms with E-state index in [4.69, 9.17) is 9.73 Å².